The Bertz CT molecular complexity index is 1040. The summed E-state index contributed by atoms with van der Waals surface area (Å²) in [6.45, 7) is -2.84. The molecule has 2 aromatic heterocycles. The molecular weight excluding hydrogens is 370 g/mol. The Labute approximate surface area is 158 Å². The Hall–Kier alpha value is -2.54. The van der Waals surface area contributed by atoms with Gasteiger partial charge in [0.15, 0.2) is 0 Å². The zero-order chi connectivity index (χ0) is 18.8. The highest BCUT2D eigenvalue weighted by atomic mass is 32.1. The maximum Gasteiger partial charge on any atom is 0.387 e. The summed E-state index contributed by atoms with van der Waals surface area (Å²) in [6, 6.07) is 6.28. The van der Waals surface area contributed by atoms with Crippen LogP contribution in [-0.4, -0.2) is 16.6 Å². The first-order chi connectivity index (χ1) is 13.1. The number of hydrogen-bond acceptors (Lipinski definition) is 4. The van der Waals surface area contributed by atoms with E-state index in [1.165, 1.54) is 29.0 Å². The van der Waals surface area contributed by atoms with Crippen molar-refractivity contribution in [1.29, 1.82) is 0 Å². The molecule has 0 radical (unpaired) electrons. The van der Waals surface area contributed by atoms with Crippen LogP contribution >= 0.6 is 11.3 Å². The summed E-state index contributed by atoms with van der Waals surface area (Å²) in [5, 5.41) is 0.738. The molecule has 1 aromatic carbocycles. The molecule has 0 amide bonds. The zero-order valence-corrected chi connectivity index (χ0v) is 15.3. The van der Waals surface area contributed by atoms with Crippen LogP contribution in [-0.2, 0) is 12.8 Å². The molecule has 3 aromatic rings. The Kier molecular flexibility index (Phi) is 5.03. The molecule has 0 fully saturated rings. The number of nitrogens with one attached hydrogen (secondary N) is 1. The Morgan fingerprint density at radius 3 is 2.67 bits per heavy atom. The molecule has 7 heteroatoms. The van der Waals surface area contributed by atoms with E-state index in [9.17, 15) is 13.6 Å². The van der Waals surface area contributed by atoms with E-state index in [2.05, 4.69) is 14.7 Å². The number of alkyl halides is 2. The molecule has 1 aliphatic carbocycles. The van der Waals surface area contributed by atoms with Crippen LogP contribution in [0.15, 0.2) is 29.1 Å². The molecule has 0 bridgehead atoms. The van der Waals surface area contributed by atoms with E-state index in [0.717, 1.165) is 41.5 Å². The average molecular weight is 388 g/mol. The fourth-order valence-electron chi connectivity index (χ4n) is 3.37. The van der Waals surface area contributed by atoms with Crippen LogP contribution in [0.4, 0.5) is 8.78 Å². The molecule has 1 N–H and O–H groups in total. The van der Waals surface area contributed by atoms with Crippen LogP contribution in [0.3, 0.4) is 0 Å². The lowest BCUT2D eigenvalue weighted by atomic mass is 10.1. The summed E-state index contributed by atoms with van der Waals surface area (Å²) >= 11 is 1.62. The molecule has 0 aliphatic heterocycles. The van der Waals surface area contributed by atoms with Gasteiger partial charge in [0.1, 0.15) is 16.4 Å². The SMILES string of the molecule is O=c1[nH]c(/C=C/c2ccc(OC(F)F)cc2)nc2sc3c(c12)CCCCC3. The summed E-state index contributed by atoms with van der Waals surface area (Å²) in [4.78, 5) is 22.1. The molecule has 2 heterocycles. The number of hydrogen-bond donors (Lipinski definition) is 1. The van der Waals surface area contributed by atoms with Crippen molar-refractivity contribution >= 4 is 33.7 Å². The minimum atomic E-state index is -2.84. The first-order valence-electron chi connectivity index (χ1n) is 8.88. The predicted octanol–water partition coefficient (Wildman–Crippen LogP) is 5.03. The first kappa shape index (κ1) is 17.9. The van der Waals surface area contributed by atoms with E-state index in [1.54, 1.807) is 35.6 Å². The van der Waals surface area contributed by atoms with Gasteiger partial charge in [-0.05, 0) is 55.0 Å². The molecule has 0 atom stereocenters. The molecule has 1 aliphatic rings. The van der Waals surface area contributed by atoms with Gasteiger partial charge in [-0.1, -0.05) is 24.6 Å². The molecule has 0 spiro atoms. The molecule has 4 nitrogen and oxygen atoms in total. The van der Waals surface area contributed by atoms with Gasteiger partial charge in [0.05, 0.1) is 5.39 Å². The number of aromatic amines is 1. The lowest BCUT2D eigenvalue weighted by molar-refractivity contribution is -0.0498. The minimum Gasteiger partial charge on any atom is -0.435 e. The largest absolute Gasteiger partial charge is 0.435 e. The number of nitrogens with zero attached hydrogens (tertiary/aromatic N) is 1. The third kappa shape index (κ3) is 3.93. The number of thiophene rings is 1. The Morgan fingerprint density at radius 2 is 1.89 bits per heavy atom. The summed E-state index contributed by atoms with van der Waals surface area (Å²) < 4.78 is 28.7. The van der Waals surface area contributed by atoms with Gasteiger partial charge in [-0.3, -0.25) is 4.79 Å². The van der Waals surface area contributed by atoms with Crippen molar-refractivity contribution in [2.75, 3.05) is 0 Å². The number of aryl methyl sites for hydroxylation is 2. The maximum absolute atomic E-state index is 12.6. The molecule has 140 valence electrons. The van der Waals surface area contributed by atoms with Crippen molar-refractivity contribution in [1.82, 2.24) is 9.97 Å². The van der Waals surface area contributed by atoms with Crippen molar-refractivity contribution in [2.45, 2.75) is 38.7 Å². The smallest absolute Gasteiger partial charge is 0.387 e. The van der Waals surface area contributed by atoms with Crippen LogP contribution in [0.1, 0.15) is 41.1 Å². The summed E-state index contributed by atoms with van der Waals surface area (Å²) in [5.74, 6) is 0.590. The van der Waals surface area contributed by atoms with E-state index in [0.29, 0.717) is 5.82 Å². The zero-order valence-electron chi connectivity index (χ0n) is 14.5. The quantitative estimate of drug-likeness (QED) is 0.638. The first-order valence-corrected chi connectivity index (χ1v) is 9.69. The van der Waals surface area contributed by atoms with E-state index in [-0.39, 0.29) is 11.3 Å². The van der Waals surface area contributed by atoms with Gasteiger partial charge in [-0.15, -0.1) is 11.3 Å². The standard InChI is InChI=1S/C20H18F2N2O2S/c21-20(22)26-13-9-6-12(7-10-13)8-11-16-23-18(25)17-14-4-2-1-3-5-15(14)27-19(17)24-16/h6-11,20H,1-5H2,(H,23,24,25)/b11-8+. The molecule has 0 saturated heterocycles. The lowest BCUT2D eigenvalue weighted by Gasteiger charge is -2.03. The van der Waals surface area contributed by atoms with Crippen molar-refractivity contribution < 1.29 is 13.5 Å². The van der Waals surface area contributed by atoms with Crippen LogP contribution in [0.2, 0.25) is 0 Å². The van der Waals surface area contributed by atoms with E-state index >= 15 is 0 Å². The van der Waals surface area contributed by atoms with Gasteiger partial charge < -0.3 is 9.72 Å². The van der Waals surface area contributed by atoms with Gasteiger partial charge >= 0.3 is 6.61 Å². The fraction of sp³-hybridized carbons (Fsp3) is 0.300. The lowest BCUT2D eigenvalue weighted by Crippen LogP contribution is -2.10. The number of fused-ring (bicyclic) bond motifs is 3. The molecular formula is C20H18F2N2O2S. The number of aromatic nitrogens is 2. The predicted molar refractivity (Wildman–Crippen MR) is 104 cm³/mol. The van der Waals surface area contributed by atoms with Gasteiger partial charge in [-0.25, -0.2) is 4.98 Å². The molecule has 0 unspecified atom stereocenters. The average Bonchev–Trinajstić information content (AvgIpc) is 2.83. The minimum absolute atomic E-state index is 0.0975. The monoisotopic (exact) mass is 388 g/mol. The van der Waals surface area contributed by atoms with Crippen LogP contribution in [0.25, 0.3) is 22.4 Å². The summed E-state index contributed by atoms with van der Waals surface area (Å²) in [7, 11) is 0. The summed E-state index contributed by atoms with van der Waals surface area (Å²) in [5.41, 5.74) is 1.87. The van der Waals surface area contributed by atoms with Gasteiger partial charge in [0.2, 0.25) is 0 Å². The number of halogens is 2. The van der Waals surface area contributed by atoms with Crippen LogP contribution in [0.5, 0.6) is 5.75 Å². The number of H-pyrrole nitrogens is 1. The molecule has 0 saturated carbocycles. The Morgan fingerprint density at radius 1 is 1.11 bits per heavy atom. The molecule has 27 heavy (non-hydrogen) atoms. The molecule has 4 rings (SSSR count). The van der Waals surface area contributed by atoms with Crippen LogP contribution < -0.4 is 10.3 Å². The second-order valence-electron chi connectivity index (χ2n) is 6.48. The van der Waals surface area contributed by atoms with E-state index in [4.69, 9.17) is 0 Å². The highest BCUT2D eigenvalue weighted by molar-refractivity contribution is 7.18. The van der Waals surface area contributed by atoms with Gasteiger partial charge in [-0.2, -0.15) is 8.78 Å². The van der Waals surface area contributed by atoms with Crippen LogP contribution in [0, 0.1) is 0 Å². The van der Waals surface area contributed by atoms with E-state index in [1.807, 2.05) is 0 Å². The van der Waals surface area contributed by atoms with Crippen molar-refractivity contribution in [3.05, 3.63) is 56.4 Å². The van der Waals surface area contributed by atoms with Gasteiger partial charge in [0.25, 0.3) is 5.56 Å². The van der Waals surface area contributed by atoms with Crippen molar-refractivity contribution in [2.24, 2.45) is 0 Å². The number of benzene rings is 1. The van der Waals surface area contributed by atoms with Gasteiger partial charge in [0, 0.05) is 4.88 Å². The third-order valence-electron chi connectivity index (χ3n) is 4.63. The maximum atomic E-state index is 12.6. The number of rotatable bonds is 4. The van der Waals surface area contributed by atoms with Crippen molar-refractivity contribution in [3.63, 3.8) is 0 Å². The topological polar surface area (TPSA) is 55.0 Å². The highest BCUT2D eigenvalue weighted by Gasteiger charge is 2.18. The second kappa shape index (κ2) is 7.60. The summed E-state index contributed by atoms with van der Waals surface area (Å²) in [6.07, 6.45) is 8.94. The fourth-order valence-corrected chi connectivity index (χ4v) is 4.64. The number of ether oxygens (including phenoxy) is 1. The third-order valence-corrected chi connectivity index (χ3v) is 5.82. The second-order valence-corrected chi connectivity index (χ2v) is 7.56. The Balaban J connectivity index is 1.61. The highest BCUT2D eigenvalue weighted by Crippen LogP contribution is 2.32. The normalized spacial score (nSPS) is 14.6. The van der Waals surface area contributed by atoms with Crippen molar-refractivity contribution in [3.8, 4) is 5.75 Å². The van der Waals surface area contributed by atoms with E-state index < -0.39 is 6.61 Å².